The van der Waals surface area contributed by atoms with E-state index in [1.54, 1.807) is 0 Å². The minimum atomic E-state index is -4.83. The number of hydrogen-bond acceptors (Lipinski definition) is 3. The largest absolute Gasteiger partial charge is 0.417 e. The summed E-state index contributed by atoms with van der Waals surface area (Å²) in [5, 5.41) is 8.99. The Morgan fingerprint density at radius 3 is 2.76 bits per heavy atom. The summed E-state index contributed by atoms with van der Waals surface area (Å²) in [7, 11) is 0. The molecule has 1 aromatic rings. The van der Waals surface area contributed by atoms with Crippen molar-refractivity contribution < 1.29 is 22.4 Å². The summed E-state index contributed by atoms with van der Waals surface area (Å²) in [6, 6.07) is 3.05. The van der Waals surface area contributed by atoms with Crippen LogP contribution in [0.2, 0.25) is 0 Å². The molecule has 0 unspecified atom stereocenters. The van der Waals surface area contributed by atoms with Gasteiger partial charge in [0.2, 0.25) is 0 Å². The molecule has 1 amide bonds. The van der Waals surface area contributed by atoms with Gasteiger partial charge in [-0.2, -0.15) is 30.2 Å². The van der Waals surface area contributed by atoms with Crippen molar-refractivity contribution >= 4 is 17.7 Å². The van der Waals surface area contributed by atoms with Crippen LogP contribution >= 0.6 is 11.8 Å². The maximum Gasteiger partial charge on any atom is 0.417 e. The van der Waals surface area contributed by atoms with E-state index in [0.717, 1.165) is 17.0 Å². The molecular weight excluding hydrogens is 308 g/mol. The molecule has 0 aliphatic carbocycles. The second kappa shape index (κ2) is 5.93. The van der Waals surface area contributed by atoms with Crippen LogP contribution in [0.1, 0.15) is 15.9 Å². The molecule has 1 fully saturated rings. The zero-order valence-electron chi connectivity index (χ0n) is 10.7. The molecule has 1 aromatic carbocycles. The third kappa shape index (κ3) is 3.29. The molecule has 21 heavy (non-hydrogen) atoms. The third-order valence-corrected chi connectivity index (χ3v) is 4.08. The zero-order valence-corrected chi connectivity index (χ0v) is 11.5. The maximum atomic E-state index is 13.0. The Bertz CT molecular complexity index is 597. The molecule has 1 saturated heterocycles. The summed E-state index contributed by atoms with van der Waals surface area (Å²) in [5.41, 5.74) is -1.95. The van der Waals surface area contributed by atoms with Crippen molar-refractivity contribution in [3.05, 3.63) is 35.1 Å². The van der Waals surface area contributed by atoms with E-state index in [2.05, 4.69) is 0 Å². The molecule has 2 rings (SSSR count). The Labute approximate surface area is 122 Å². The highest BCUT2D eigenvalue weighted by Gasteiger charge is 2.38. The van der Waals surface area contributed by atoms with Crippen LogP contribution in [-0.2, 0) is 6.18 Å². The lowest BCUT2D eigenvalue weighted by Gasteiger charge is -2.31. The molecule has 0 saturated carbocycles. The zero-order chi connectivity index (χ0) is 15.6. The fourth-order valence-electron chi connectivity index (χ4n) is 2.05. The molecule has 3 nitrogen and oxygen atoms in total. The van der Waals surface area contributed by atoms with Gasteiger partial charge >= 0.3 is 6.18 Å². The number of halogens is 4. The summed E-state index contributed by atoms with van der Waals surface area (Å²) in [5.74, 6) is -1.06. The SMILES string of the molecule is N#C[C@H]1CSCCN1C(=O)c1ccc(F)cc1C(F)(F)F. The molecule has 8 heteroatoms. The van der Waals surface area contributed by atoms with Crippen molar-refractivity contribution in [3.63, 3.8) is 0 Å². The predicted octanol–water partition coefficient (Wildman–Crippen LogP) is 2.93. The summed E-state index contributed by atoms with van der Waals surface area (Å²) in [4.78, 5) is 13.4. The smallest absolute Gasteiger partial charge is 0.321 e. The number of rotatable bonds is 1. The Morgan fingerprint density at radius 2 is 2.14 bits per heavy atom. The number of benzene rings is 1. The van der Waals surface area contributed by atoms with Crippen LogP contribution in [0.15, 0.2) is 18.2 Å². The molecular formula is C13H10F4N2OS. The van der Waals surface area contributed by atoms with Gasteiger partial charge in [0.25, 0.3) is 5.91 Å². The van der Waals surface area contributed by atoms with Crippen molar-refractivity contribution in [2.24, 2.45) is 0 Å². The van der Waals surface area contributed by atoms with Gasteiger partial charge in [-0.1, -0.05) is 0 Å². The van der Waals surface area contributed by atoms with Crippen molar-refractivity contribution in [3.8, 4) is 6.07 Å². The minimum Gasteiger partial charge on any atom is -0.321 e. The van der Waals surface area contributed by atoms with Gasteiger partial charge in [0.05, 0.1) is 17.2 Å². The second-order valence-electron chi connectivity index (χ2n) is 4.41. The molecule has 0 radical (unpaired) electrons. The highest BCUT2D eigenvalue weighted by Crippen LogP contribution is 2.33. The topological polar surface area (TPSA) is 44.1 Å². The molecule has 1 aliphatic rings. The third-order valence-electron chi connectivity index (χ3n) is 3.06. The Hall–Kier alpha value is -1.75. The lowest BCUT2D eigenvalue weighted by atomic mass is 10.0. The van der Waals surface area contributed by atoms with E-state index >= 15 is 0 Å². The molecule has 0 bridgehead atoms. The average Bonchev–Trinajstić information content (AvgIpc) is 2.45. The first-order valence-corrected chi connectivity index (χ1v) is 7.15. The lowest BCUT2D eigenvalue weighted by Crippen LogP contribution is -2.45. The molecule has 0 N–H and O–H groups in total. The molecule has 0 spiro atoms. The van der Waals surface area contributed by atoms with Gasteiger partial charge in [0, 0.05) is 18.1 Å². The Morgan fingerprint density at radius 1 is 1.43 bits per heavy atom. The second-order valence-corrected chi connectivity index (χ2v) is 5.56. The number of hydrogen-bond donors (Lipinski definition) is 0. The molecule has 1 atom stereocenters. The van der Waals surface area contributed by atoms with Crippen LogP contribution in [0.3, 0.4) is 0 Å². The van der Waals surface area contributed by atoms with E-state index in [-0.39, 0.29) is 6.54 Å². The van der Waals surface area contributed by atoms with Crippen LogP contribution in [0.25, 0.3) is 0 Å². The first kappa shape index (κ1) is 15.6. The fourth-order valence-corrected chi connectivity index (χ4v) is 3.02. The van der Waals surface area contributed by atoms with E-state index in [1.165, 1.54) is 11.8 Å². The number of thioether (sulfide) groups is 1. The van der Waals surface area contributed by atoms with E-state index in [9.17, 15) is 22.4 Å². The van der Waals surface area contributed by atoms with Gasteiger partial charge in [0.15, 0.2) is 0 Å². The summed E-state index contributed by atoms with van der Waals surface area (Å²) in [6.45, 7) is 0.191. The van der Waals surface area contributed by atoms with E-state index in [0.29, 0.717) is 17.6 Å². The highest BCUT2D eigenvalue weighted by molar-refractivity contribution is 7.99. The van der Waals surface area contributed by atoms with Crippen LogP contribution in [0.4, 0.5) is 17.6 Å². The standard InChI is InChI=1S/C13H10F4N2OS/c14-8-1-2-10(11(5-8)13(15,16)17)12(20)19-3-4-21-7-9(19)6-18/h1-2,5,9H,3-4,7H2/t9-/m0/s1. The first-order chi connectivity index (χ1) is 9.84. The summed E-state index contributed by atoms with van der Waals surface area (Å²) >= 11 is 1.46. The van der Waals surface area contributed by atoms with Gasteiger partial charge in [-0.15, -0.1) is 0 Å². The minimum absolute atomic E-state index is 0.191. The van der Waals surface area contributed by atoms with Crippen LogP contribution < -0.4 is 0 Å². The number of carbonyl (C=O) groups excluding carboxylic acids is 1. The number of alkyl halides is 3. The van der Waals surface area contributed by atoms with Crippen LogP contribution in [0.5, 0.6) is 0 Å². The number of carbonyl (C=O) groups is 1. The Balaban J connectivity index is 2.42. The highest BCUT2D eigenvalue weighted by atomic mass is 32.2. The van der Waals surface area contributed by atoms with Crippen molar-refractivity contribution in [1.29, 1.82) is 5.26 Å². The predicted molar refractivity (Wildman–Crippen MR) is 69.2 cm³/mol. The van der Waals surface area contributed by atoms with Gasteiger partial charge < -0.3 is 4.90 Å². The number of amides is 1. The van der Waals surface area contributed by atoms with Crippen LogP contribution in [-0.4, -0.2) is 34.9 Å². The van der Waals surface area contributed by atoms with E-state index < -0.39 is 35.1 Å². The van der Waals surface area contributed by atoms with Crippen molar-refractivity contribution in [1.82, 2.24) is 4.90 Å². The van der Waals surface area contributed by atoms with Gasteiger partial charge in [-0.05, 0) is 18.2 Å². The fraction of sp³-hybridized carbons (Fsp3) is 0.385. The first-order valence-electron chi connectivity index (χ1n) is 5.99. The van der Waals surface area contributed by atoms with Crippen LogP contribution in [0, 0.1) is 17.1 Å². The summed E-state index contributed by atoms with van der Waals surface area (Å²) in [6.07, 6.45) is -4.83. The van der Waals surface area contributed by atoms with Crippen molar-refractivity contribution in [2.75, 3.05) is 18.1 Å². The van der Waals surface area contributed by atoms with Gasteiger partial charge in [-0.3, -0.25) is 4.79 Å². The summed E-state index contributed by atoms with van der Waals surface area (Å²) < 4.78 is 51.8. The molecule has 112 valence electrons. The van der Waals surface area contributed by atoms with E-state index in [1.807, 2.05) is 6.07 Å². The molecule has 1 aliphatic heterocycles. The van der Waals surface area contributed by atoms with Gasteiger partial charge in [-0.25, -0.2) is 4.39 Å². The lowest BCUT2D eigenvalue weighted by molar-refractivity contribution is -0.138. The number of nitrogens with zero attached hydrogens (tertiary/aromatic N) is 2. The van der Waals surface area contributed by atoms with Crippen molar-refractivity contribution in [2.45, 2.75) is 12.2 Å². The van der Waals surface area contributed by atoms with Gasteiger partial charge in [0.1, 0.15) is 11.9 Å². The quantitative estimate of drug-likeness (QED) is 0.748. The monoisotopic (exact) mass is 318 g/mol. The Kier molecular flexibility index (Phi) is 4.42. The average molecular weight is 318 g/mol. The normalized spacial score (nSPS) is 19.2. The maximum absolute atomic E-state index is 13.0. The molecule has 0 aromatic heterocycles. The molecule has 1 heterocycles. The number of nitriles is 1. The van der Waals surface area contributed by atoms with E-state index in [4.69, 9.17) is 5.26 Å².